The van der Waals surface area contributed by atoms with Gasteiger partial charge in [0.2, 0.25) is 0 Å². The van der Waals surface area contributed by atoms with Crippen LogP contribution in [0, 0.1) is 0 Å². The fraction of sp³-hybridized carbons (Fsp3) is 1.00. The van der Waals surface area contributed by atoms with Crippen molar-refractivity contribution in [3.8, 4) is 0 Å². The highest BCUT2D eigenvalue weighted by atomic mass is 32.2. The van der Waals surface area contributed by atoms with Crippen LogP contribution < -0.4 is 0 Å². The fourth-order valence-electron chi connectivity index (χ4n) is 1.58. The Balaban J connectivity index is 2.47. The minimum atomic E-state index is -4.50. The minimum absolute atomic E-state index is 0.491. The van der Waals surface area contributed by atoms with E-state index in [-0.39, 0.29) is 0 Å². The molecule has 0 aromatic heterocycles. The predicted octanol–water partition coefficient (Wildman–Crippen LogP) is 2.68. The van der Waals surface area contributed by atoms with Crippen LogP contribution in [0.1, 0.15) is 19.8 Å². The second-order valence-corrected chi connectivity index (χ2v) is 6.10. The predicted molar refractivity (Wildman–Crippen MR) is 55.4 cm³/mol. The summed E-state index contributed by atoms with van der Waals surface area (Å²) in [5, 5.41) is 0. The van der Waals surface area contributed by atoms with Gasteiger partial charge in [0.15, 0.2) is 0 Å². The van der Waals surface area contributed by atoms with E-state index in [0.717, 1.165) is 17.9 Å². The van der Waals surface area contributed by atoms with E-state index in [2.05, 4.69) is 4.74 Å². The van der Waals surface area contributed by atoms with Crippen LogP contribution in [-0.2, 0) is 9.47 Å². The van der Waals surface area contributed by atoms with Crippen molar-refractivity contribution in [2.45, 2.75) is 31.6 Å². The standard InChI is InChI=1S/C9H17F3O2S/c1-2-3-8(14-9(10,11)12)15-6-4-13-5-7-15/h8,15H,2-7H2,1H3. The number of hydrogen-bond acceptors (Lipinski definition) is 2. The molecule has 1 aliphatic rings. The topological polar surface area (TPSA) is 18.5 Å². The van der Waals surface area contributed by atoms with E-state index in [0.29, 0.717) is 19.6 Å². The van der Waals surface area contributed by atoms with Gasteiger partial charge in [-0.15, -0.1) is 13.2 Å². The number of alkyl halides is 3. The molecule has 6 heteroatoms. The average Bonchev–Trinajstić information content (AvgIpc) is 2.17. The molecule has 0 radical (unpaired) electrons. The summed E-state index contributed by atoms with van der Waals surface area (Å²) >= 11 is 0. The third-order valence-corrected chi connectivity index (χ3v) is 4.95. The maximum atomic E-state index is 12.1. The molecular formula is C9H17F3O2S. The normalized spacial score (nSPS) is 22.8. The Hall–Kier alpha value is 0.0600. The molecule has 1 aliphatic heterocycles. The third kappa shape index (κ3) is 5.08. The second-order valence-electron chi connectivity index (χ2n) is 3.46. The molecule has 92 valence electrons. The molecule has 15 heavy (non-hydrogen) atoms. The zero-order valence-corrected chi connectivity index (χ0v) is 9.61. The number of thiol groups is 1. The summed E-state index contributed by atoms with van der Waals surface area (Å²) in [6.45, 7) is 3.03. The van der Waals surface area contributed by atoms with Gasteiger partial charge in [-0.1, -0.05) is 13.3 Å². The smallest absolute Gasteiger partial charge is 0.380 e. The van der Waals surface area contributed by atoms with Crippen LogP contribution >= 0.6 is 10.9 Å². The van der Waals surface area contributed by atoms with Gasteiger partial charge in [-0.05, 0) is 6.42 Å². The summed E-state index contributed by atoms with van der Waals surface area (Å²) in [6, 6.07) is 0. The first-order valence-corrected chi connectivity index (χ1v) is 6.87. The molecule has 0 bridgehead atoms. The van der Waals surface area contributed by atoms with E-state index in [1.54, 1.807) is 0 Å². The number of hydrogen-bond donors (Lipinski definition) is 1. The molecule has 2 nitrogen and oxygen atoms in total. The molecule has 1 atom stereocenters. The van der Waals surface area contributed by atoms with Crippen molar-refractivity contribution in [1.82, 2.24) is 0 Å². The molecule has 1 unspecified atom stereocenters. The van der Waals surface area contributed by atoms with Crippen molar-refractivity contribution in [2.24, 2.45) is 0 Å². The van der Waals surface area contributed by atoms with Gasteiger partial charge in [-0.3, -0.25) is 4.74 Å². The van der Waals surface area contributed by atoms with Gasteiger partial charge in [0.1, 0.15) is 0 Å². The van der Waals surface area contributed by atoms with E-state index in [9.17, 15) is 13.2 Å². The lowest BCUT2D eigenvalue weighted by Crippen LogP contribution is -2.29. The van der Waals surface area contributed by atoms with Gasteiger partial charge >= 0.3 is 6.36 Å². The van der Waals surface area contributed by atoms with Crippen molar-refractivity contribution >= 4 is 10.9 Å². The first-order chi connectivity index (χ1) is 7.03. The van der Waals surface area contributed by atoms with Crippen molar-refractivity contribution in [3.63, 3.8) is 0 Å². The molecule has 0 aliphatic carbocycles. The Morgan fingerprint density at radius 1 is 1.33 bits per heavy atom. The van der Waals surface area contributed by atoms with E-state index < -0.39 is 22.7 Å². The monoisotopic (exact) mass is 246 g/mol. The molecule has 1 fully saturated rings. The average molecular weight is 246 g/mol. The lowest BCUT2D eigenvalue weighted by molar-refractivity contribution is -0.331. The van der Waals surface area contributed by atoms with Crippen LogP contribution in [0.25, 0.3) is 0 Å². The van der Waals surface area contributed by atoms with Crippen molar-refractivity contribution < 1.29 is 22.6 Å². The second kappa shape index (κ2) is 5.96. The van der Waals surface area contributed by atoms with Crippen molar-refractivity contribution in [1.29, 1.82) is 0 Å². The summed E-state index contributed by atoms with van der Waals surface area (Å²) in [5.74, 6) is 1.46. The number of ether oxygens (including phenoxy) is 2. The van der Waals surface area contributed by atoms with E-state index in [1.165, 1.54) is 0 Å². The number of rotatable bonds is 4. The van der Waals surface area contributed by atoms with Crippen LogP contribution in [0.15, 0.2) is 0 Å². The Morgan fingerprint density at radius 3 is 2.40 bits per heavy atom. The van der Waals surface area contributed by atoms with Gasteiger partial charge in [0.25, 0.3) is 0 Å². The SMILES string of the molecule is CCCC(OC(F)(F)F)[SH]1CCOCC1. The highest BCUT2D eigenvalue weighted by molar-refractivity contribution is 8.17. The molecule has 1 saturated heterocycles. The lowest BCUT2D eigenvalue weighted by Gasteiger charge is -2.34. The van der Waals surface area contributed by atoms with Crippen molar-refractivity contribution in [2.75, 3.05) is 24.7 Å². The highest BCUT2D eigenvalue weighted by Crippen LogP contribution is 2.39. The van der Waals surface area contributed by atoms with Crippen LogP contribution in [-0.4, -0.2) is 36.5 Å². The first-order valence-electron chi connectivity index (χ1n) is 5.09. The maximum absolute atomic E-state index is 12.1. The maximum Gasteiger partial charge on any atom is 0.523 e. The Labute approximate surface area is 90.5 Å². The van der Waals surface area contributed by atoms with E-state index in [4.69, 9.17) is 4.74 Å². The van der Waals surface area contributed by atoms with Crippen LogP contribution in [0.5, 0.6) is 0 Å². The molecule has 0 aromatic rings. The zero-order chi connectivity index (χ0) is 11.3. The van der Waals surface area contributed by atoms with Crippen molar-refractivity contribution in [3.05, 3.63) is 0 Å². The Morgan fingerprint density at radius 2 is 1.93 bits per heavy atom. The molecule has 1 heterocycles. The highest BCUT2D eigenvalue weighted by Gasteiger charge is 2.35. The van der Waals surface area contributed by atoms with Gasteiger partial charge in [0.05, 0.1) is 18.6 Å². The molecule has 0 spiro atoms. The van der Waals surface area contributed by atoms with Crippen LogP contribution in [0.4, 0.5) is 13.2 Å². The summed E-state index contributed by atoms with van der Waals surface area (Å²) < 4.78 is 45.8. The third-order valence-electron chi connectivity index (χ3n) is 2.26. The van der Waals surface area contributed by atoms with E-state index in [1.807, 2.05) is 6.92 Å². The minimum Gasteiger partial charge on any atom is -0.380 e. The Bertz CT molecular complexity index is 181. The lowest BCUT2D eigenvalue weighted by atomic mass is 10.4. The molecule has 1 rings (SSSR count). The van der Waals surface area contributed by atoms with Gasteiger partial charge < -0.3 is 4.74 Å². The summed E-state index contributed by atoms with van der Waals surface area (Å²) in [4.78, 5) is 0. The number of halogens is 3. The molecule has 0 saturated carbocycles. The van der Waals surface area contributed by atoms with Gasteiger partial charge in [0, 0.05) is 11.5 Å². The summed E-state index contributed by atoms with van der Waals surface area (Å²) in [5.41, 5.74) is -0.631. The van der Waals surface area contributed by atoms with E-state index >= 15 is 0 Å². The molecular weight excluding hydrogens is 229 g/mol. The first kappa shape index (κ1) is 13.1. The zero-order valence-electron chi connectivity index (χ0n) is 8.72. The molecule has 0 amide bonds. The van der Waals surface area contributed by atoms with Crippen LogP contribution in [0.3, 0.4) is 0 Å². The molecule has 0 aromatic carbocycles. The summed E-state index contributed by atoms with van der Waals surface area (Å²) in [6.07, 6.45) is -3.29. The summed E-state index contributed by atoms with van der Waals surface area (Å²) in [7, 11) is -0.673. The van der Waals surface area contributed by atoms with Crippen LogP contribution in [0.2, 0.25) is 0 Å². The largest absolute Gasteiger partial charge is 0.523 e. The van der Waals surface area contributed by atoms with Gasteiger partial charge in [-0.25, -0.2) is 10.9 Å². The molecule has 0 N–H and O–H groups in total. The fourth-order valence-corrected chi connectivity index (χ4v) is 4.00. The quantitative estimate of drug-likeness (QED) is 0.769. The van der Waals surface area contributed by atoms with Gasteiger partial charge in [-0.2, -0.15) is 0 Å². The Kier molecular flexibility index (Phi) is 5.22.